The van der Waals surface area contributed by atoms with E-state index in [9.17, 15) is 20.0 Å². The lowest BCUT2D eigenvalue weighted by molar-refractivity contribution is -0.384. The second-order valence-electron chi connectivity index (χ2n) is 6.84. The molecule has 1 N–H and O–H groups in total. The van der Waals surface area contributed by atoms with Crippen LogP contribution in [0.4, 0.5) is 10.5 Å². The Kier molecular flexibility index (Phi) is 4.57. The lowest BCUT2D eigenvalue weighted by Crippen LogP contribution is -2.35. The SMILES string of the molecule is O=C(O)N1CCc2c(c(-c3ccc([N+](=O)[O-])cc3)cn2Cc2ccccc2)C1. The fourth-order valence-electron chi connectivity index (χ4n) is 3.72. The number of non-ortho nitro benzene ring substituents is 1. The third kappa shape index (κ3) is 3.34. The second-order valence-corrected chi connectivity index (χ2v) is 6.84. The summed E-state index contributed by atoms with van der Waals surface area (Å²) >= 11 is 0. The van der Waals surface area contributed by atoms with Crippen molar-refractivity contribution in [2.75, 3.05) is 6.54 Å². The maximum absolute atomic E-state index is 11.5. The molecule has 0 saturated carbocycles. The van der Waals surface area contributed by atoms with Crippen molar-refractivity contribution in [1.82, 2.24) is 9.47 Å². The van der Waals surface area contributed by atoms with Crippen molar-refractivity contribution < 1.29 is 14.8 Å². The fourth-order valence-corrected chi connectivity index (χ4v) is 3.72. The van der Waals surface area contributed by atoms with Gasteiger partial charge in [0.15, 0.2) is 0 Å². The van der Waals surface area contributed by atoms with Crippen LogP contribution in [0.1, 0.15) is 16.8 Å². The van der Waals surface area contributed by atoms with E-state index in [1.165, 1.54) is 17.0 Å². The first kappa shape index (κ1) is 17.8. The highest BCUT2D eigenvalue weighted by Crippen LogP contribution is 2.33. The van der Waals surface area contributed by atoms with Crippen molar-refractivity contribution in [3.8, 4) is 11.1 Å². The standard InChI is InChI=1S/C21H19N3O4/c25-21(26)22-11-10-20-19(14-22)18(16-6-8-17(9-7-16)24(27)28)13-23(20)12-15-4-2-1-3-5-15/h1-9,13H,10-12,14H2,(H,25,26). The minimum atomic E-state index is -0.934. The van der Waals surface area contributed by atoms with Gasteiger partial charge in [0.2, 0.25) is 0 Å². The van der Waals surface area contributed by atoms with Gasteiger partial charge in [0.1, 0.15) is 0 Å². The minimum Gasteiger partial charge on any atom is -0.465 e. The molecule has 1 amide bonds. The zero-order valence-electron chi connectivity index (χ0n) is 15.1. The topological polar surface area (TPSA) is 88.6 Å². The Morgan fingerprint density at radius 2 is 1.82 bits per heavy atom. The Balaban J connectivity index is 1.76. The predicted octanol–water partition coefficient (Wildman–Crippen LogP) is 4.15. The first-order valence-corrected chi connectivity index (χ1v) is 9.00. The van der Waals surface area contributed by atoms with E-state index in [-0.39, 0.29) is 5.69 Å². The van der Waals surface area contributed by atoms with Gasteiger partial charge < -0.3 is 14.6 Å². The smallest absolute Gasteiger partial charge is 0.407 e. The van der Waals surface area contributed by atoms with Crippen molar-refractivity contribution in [3.05, 3.63) is 87.7 Å². The average molecular weight is 377 g/mol. The molecule has 1 aromatic heterocycles. The molecule has 4 rings (SSSR count). The maximum atomic E-state index is 11.5. The number of amides is 1. The van der Waals surface area contributed by atoms with Crippen LogP contribution in [-0.4, -0.2) is 32.1 Å². The zero-order valence-corrected chi connectivity index (χ0v) is 15.1. The van der Waals surface area contributed by atoms with Gasteiger partial charge in [0.05, 0.1) is 11.5 Å². The molecule has 142 valence electrons. The molecule has 2 heterocycles. The van der Waals surface area contributed by atoms with Gasteiger partial charge in [-0.2, -0.15) is 0 Å². The number of nitrogens with zero attached hydrogens (tertiary/aromatic N) is 3. The number of carboxylic acid groups (broad SMARTS) is 1. The molecule has 0 spiro atoms. The summed E-state index contributed by atoms with van der Waals surface area (Å²) in [4.78, 5) is 23.4. The number of nitro groups is 1. The minimum absolute atomic E-state index is 0.0356. The molecule has 0 atom stereocenters. The van der Waals surface area contributed by atoms with Gasteiger partial charge in [0, 0.05) is 54.7 Å². The highest BCUT2D eigenvalue weighted by atomic mass is 16.6. The third-order valence-electron chi connectivity index (χ3n) is 5.13. The molecule has 0 saturated heterocycles. The molecule has 0 fully saturated rings. The summed E-state index contributed by atoms with van der Waals surface area (Å²) in [6.45, 7) is 1.48. The molecule has 28 heavy (non-hydrogen) atoms. The molecule has 0 bridgehead atoms. The third-order valence-corrected chi connectivity index (χ3v) is 5.13. The summed E-state index contributed by atoms with van der Waals surface area (Å²) in [5.74, 6) is 0. The first-order chi connectivity index (χ1) is 13.5. The van der Waals surface area contributed by atoms with Gasteiger partial charge in [-0.15, -0.1) is 0 Å². The van der Waals surface area contributed by atoms with Crippen LogP contribution in [0.2, 0.25) is 0 Å². The van der Waals surface area contributed by atoms with Crippen molar-refractivity contribution in [2.24, 2.45) is 0 Å². The summed E-state index contributed by atoms with van der Waals surface area (Å²) in [5.41, 5.74) is 5.06. The Morgan fingerprint density at radius 3 is 2.46 bits per heavy atom. The number of nitro benzene ring substituents is 1. The molecule has 1 aliphatic rings. The summed E-state index contributed by atoms with van der Waals surface area (Å²) in [5, 5.41) is 20.3. The highest BCUT2D eigenvalue weighted by Gasteiger charge is 2.26. The Hall–Kier alpha value is -3.61. The van der Waals surface area contributed by atoms with Crippen LogP contribution in [0, 0.1) is 10.1 Å². The Labute approximate surface area is 161 Å². The lowest BCUT2D eigenvalue weighted by Gasteiger charge is -2.26. The molecule has 7 heteroatoms. The fraction of sp³-hybridized carbons (Fsp3) is 0.190. The van der Waals surface area contributed by atoms with E-state index < -0.39 is 11.0 Å². The molecule has 0 aliphatic carbocycles. The molecule has 0 unspecified atom stereocenters. The van der Waals surface area contributed by atoms with Crippen LogP contribution in [0.3, 0.4) is 0 Å². The number of carbonyl (C=O) groups is 1. The van der Waals surface area contributed by atoms with Crippen LogP contribution in [0.25, 0.3) is 11.1 Å². The molecule has 3 aromatic rings. The number of hydrogen-bond acceptors (Lipinski definition) is 3. The van der Waals surface area contributed by atoms with Crippen molar-refractivity contribution in [3.63, 3.8) is 0 Å². The number of rotatable bonds is 4. The molecule has 1 aliphatic heterocycles. The van der Waals surface area contributed by atoms with Crippen molar-refractivity contribution >= 4 is 11.8 Å². The van der Waals surface area contributed by atoms with Gasteiger partial charge in [-0.05, 0) is 23.3 Å². The number of fused-ring (bicyclic) bond motifs is 1. The molecular formula is C21H19N3O4. The number of aromatic nitrogens is 1. The summed E-state index contributed by atoms with van der Waals surface area (Å²) < 4.78 is 2.17. The van der Waals surface area contributed by atoms with Crippen LogP contribution in [0.15, 0.2) is 60.8 Å². The lowest BCUT2D eigenvalue weighted by atomic mass is 9.99. The predicted molar refractivity (Wildman–Crippen MR) is 104 cm³/mol. The largest absolute Gasteiger partial charge is 0.465 e. The van der Waals surface area contributed by atoms with Crippen LogP contribution in [0.5, 0.6) is 0 Å². The van der Waals surface area contributed by atoms with E-state index in [4.69, 9.17) is 0 Å². The normalized spacial score (nSPS) is 13.2. The van der Waals surface area contributed by atoms with Gasteiger partial charge in [-0.25, -0.2) is 4.79 Å². The first-order valence-electron chi connectivity index (χ1n) is 9.00. The number of benzene rings is 2. The van der Waals surface area contributed by atoms with Crippen LogP contribution in [-0.2, 0) is 19.5 Å². The summed E-state index contributed by atoms with van der Waals surface area (Å²) in [6.07, 6.45) is 1.74. The molecular weight excluding hydrogens is 358 g/mol. The maximum Gasteiger partial charge on any atom is 0.407 e. The molecule has 7 nitrogen and oxygen atoms in total. The van der Waals surface area contributed by atoms with Crippen molar-refractivity contribution in [1.29, 1.82) is 0 Å². The van der Waals surface area contributed by atoms with Crippen LogP contribution >= 0.6 is 0 Å². The summed E-state index contributed by atoms with van der Waals surface area (Å²) in [6, 6.07) is 16.5. The molecule has 2 aromatic carbocycles. The van der Waals surface area contributed by atoms with E-state index in [0.717, 1.165) is 27.9 Å². The van der Waals surface area contributed by atoms with E-state index in [0.29, 0.717) is 26.1 Å². The van der Waals surface area contributed by atoms with Gasteiger partial charge >= 0.3 is 6.09 Å². The summed E-state index contributed by atoms with van der Waals surface area (Å²) in [7, 11) is 0. The van der Waals surface area contributed by atoms with Gasteiger partial charge in [-0.3, -0.25) is 10.1 Å². The average Bonchev–Trinajstić information content (AvgIpc) is 3.06. The Morgan fingerprint density at radius 1 is 1.11 bits per heavy atom. The molecule has 0 radical (unpaired) electrons. The monoisotopic (exact) mass is 377 g/mol. The highest BCUT2D eigenvalue weighted by molar-refractivity contribution is 5.72. The van der Waals surface area contributed by atoms with E-state index in [1.807, 2.05) is 24.4 Å². The van der Waals surface area contributed by atoms with E-state index >= 15 is 0 Å². The van der Waals surface area contributed by atoms with Crippen molar-refractivity contribution in [2.45, 2.75) is 19.5 Å². The Bertz CT molecular complexity index is 1030. The quantitative estimate of drug-likeness (QED) is 0.546. The van der Waals surface area contributed by atoms with E-state index in [1.54, 1.807) is 12.1 Å². The second kappa shape index (κ2) is 7.19. The van der Waals surface area contributed by atoms with Gasteiger partial charge in [-0.1, -0.05) is 30.3 Å². The number of hydrogen-bond donors (Lipinski definition) is 1. The zero-order chi connectivity index (χ0) is 19.7. The van der Waals surface area contributed by atoms with Crippen LogP contribution < -0.4 is 0 Å². The van der Waals surface area contributed by atoms with E-state index in [2.05, 4.69) is 16.7 Å². The van der Waals surface area contributed by atoms with Gasteiger partial charge in [0.25, 0.3) is 5.69 Å².